The molecule has 0 saturated carbocycles. The second kappa shape index (κ2) is 5.36. The van der Waals surface area contributed by atoms with Gasteiger partial charge in [0, 0.05) is 11.9 Å². The summed E-state index contributed by atoms with van der Waals surface area (Å²) in [5, 5.41) is 21.5. The van der Waals surface area contributed by atoms with Crippen LogP contribution >= 0.6 is 0 Å². The van der Waals surface area contributed by atoms with Gasteiger partial charge in [0.25, 0.3) is 0 Å². The Morgan fingerprint density at radius 3 is 2.95 bits per heavy atom. The Labute approximate surface area is 110 Å². The van der Waals surface area contributed by atoms with Crippen LogP contribution in [0, 0.1) is 18.3 Å². The molecule has 2 rings (SSSR count). The third-order valence-electron chi connectivity index (χ3n) is 2.72. The molecule has 5 nitrogen and oxygen atoms in total. The first kappa shape index (κ1) is 12.8. The number of anilines is 1. The van der Waals surface area contributed by atoms with Gasteiger partial charge in [-0.3, -0.25) is 4.79 Å². The number of nitriles is 1. The Balaban J connectivity index is 2.35. The molecule has 0 unspecified atom stereocenters. The van der Waals surface area contributed by atoms with Crippen molar-refractivity contribution in [2.75, 3.05) is 11.9 Å². The van der Waals surface area contributed by atoms with E-state index in [2.05, 4.69) is 16.4 Å². The molecule has 19 heavy (non-hydrogen) atoms. The fourth-order valence-corrected chi connectivity index (χ4v) is 1.80. The number of hydrogen-bond acceptors (Lipinski definition) is 4. The number of carboxylic acid groups (broad SMARTS) is 1. The van der Waals surface area contributed by atoms with Crippen LogP contribution in [-0.2, 0) is 4.79 Å². The third-order valence-corrected chi connectivity index (χ3v) is 2.72. The number of carboxylic acids is 1. The molecule has 0 spiro atoms. The highest BCUT2D eigenvalue weighted by Gasteiger charge is 2.07. The van der Waals surface area contributed by atoms with Crippen molar-refractivity contribution >= 4 is 22.7 Å². The number of aromatic nitrogens is 1. The molecule has 0 amide bonds. The lowest BCUT2D eigenvalue weighted by Crippen LogP contribution is -2.09. The number of pyridine rings is 1. The average molecular weight is 255 g/mol. The van der Waals surface area contributed by atoms with Gasteiger partial charge in [0.2, 0.25) is 0 Å². The quantitative estimate of drug-likeness (QED) is 0.875. The van der Waals surface area contributed by atoms with Gasteiger partial charge in [0.1, 0.15) is 11.9 Å². The zero-order valence-corrected chi connectivity index (χ0v) is 10.5. The predicted molar refractivity (Wildman–Crippen MR) is 71.9 cm³/mol. The van der Waals surface area contributed by atoms with E-state index in [0.29, 0.717) is 11.4 Å². The Hall–Kier alpha value is -2.61. The summed E-state index contributed by atoms with van der Waals surface area (Å²) in [4.78, 5) is 14.8. The molecule has 1 aromatic carbocycles. The summed E-state index contributed by atoms with van der Waals surface area (Å²) in [5.41, 5.74) is 2.30. The number of rotatable bonds is 4. The van der Waals surface area contributed by atoms with E-state index in [0.717, 1.165) is 16.5 Å². The number of aryl methyl sites for hydroxylation is 1. The lowest BCUT2D eigenvalue weighted by molar-refractivity contribution is -0.136. The molecule has 1 heterocycles. The lowest BCUT2D eigenvalue weighted by atomic mass is 10.1. The summed E-state index contributed by atoms with van der Waals surface area (Å²) in [5.74, 6) is -0.456. The lowest BCUT2D eigenvalue weighted by Gasteiger charge is -2.08. The Morgan fingerprint density at radius 1 is 1.47 bits per heavy atom. The smallest absolute Gasteiger partial charge is 0.305 e. The highest BCUT2D eigenvalue weighted by molar-refractivity contribution is 5.83. The molecule has 1 aromatic heterocycles. The fourth-order valence-electron chi connectivity index (χ4n) is 1.80. The monoisotopic (exact) mass is 255 g/mol. The molecule has 0 saturated heterocycles. The first-order valence-corrected chi connectivity index (χ1v) is 5.87. The normalized spacial score (nSPS) is 10.1. The van der Waals surface area contributed by atoms with E-state index < -0.39 is 5.97 Å². The van der Waals surface area contributed by atoms with E-state index in [9.17, 15) is 4.79 Å². The van der Waals surface area contributed by atoms with Crippen molar-refractivity contribution < 1.29 is 9.90 Å². The molecule has 0 fully saturated rings. The van der Waals surface area contributed by atoms with Gasteiger partial charge in [-0.2, -0.15) is 5.26 Å². The van der Waals surface area contributed by atoms with E-state index >= 15 is 0 Å². The van der Waals surface area contributed by atoms with Crippen LogP contribution in [0.15, 0.2) is 24.3 Å². The first-order chi connectivity index (χ1) is 9.10. The molecule has 0 aliphatic carbocycles. The second-order valence-corrected chi connectivity index (χ2v) is 4.26. The molecule has 0 radical (unpaired) electrons. The van der Waals surface area contributed by atoms with Crippen LogP contribution in [0.2, 0.25) is 0 Å². The summed E-state index contributed by atoms with van der Waals surface area (Å²) in [6.45, 7) is 2.22. The number of fused-ring (bicyclic) bond motifs is 1. The topological polar surface area (TPSA) is 86.0 Å². The Bertz CT molecular complexity index is 674. The summed E-state index contributed by atoms with van der Waals surface area (Å²) in [6.07, 6.45) is -0.0154. The molecule has 5 heteroatoms. The number of hydrogen-bond donors (Lipinski definition) is 2. The molecule has 0 aliphatic rings. The standard InChI is InChI=1S/C14H13N3O2/c1-9-2-3-12-10(6-9)7-11(8-15)14(17-12)16-5-4-13(18)19/h2-3,6-7H,4-5H2,1H3,(H,16,17)(H,18,19). The van der Waals surface area contributed by atoms with Crippen molar-refractivity contribution in [2.45, 2.75) is 13.3 Å². The maximum atomic E-state index is 10.5. The largest absolute Gasteiger partial charge is 0.481 e. The predicted octanol–water partition coefficient (Wildman–Crippen LogP) is 2.30. The fraction of sp³-hybridized carbons (Fsp3) is 0.214. The molecule has 96 valence electrons. The van der Waals surface area contributed by atoms with Gasteiger partial charge in [-0.05, 0) is 25.1 Å². The molecule has 0 atom stereocenters. The summed E-state index contributed by atoms with van der Waals surface area (Å²) < 4.78 is 0. The Morgan fingerprint density at radius 2 is 2.26 bits per heavy atom. The molecule has 0 aliphatic heterocycles. The van der Waals surface area contributed by atoms with Gasteiger partial charge in [-0.1, -0.05) is 11.6 Å². The van der Waals surface area contributed by atoms with Crippen LogP contribution in [0.3, 0.4) is 0 Å². The maximum absolute atomic E-state index is 10.5. The van der Waals surface area contributed by atoms with Crippen LogP contribution in [-0.4, -0.2) is 22.6 Å². The summed E-state index contributed by atoms with van der Waals surface area (Å²) >= 11 is 0. The van der Waals surface area contributed by atoms with Crippen molar-refractivity contribution in [2.24, 2.45) is 0 Å². The molecule has 2 aromatic rings. The maximum Gasteiger partial charge on any atom is 0.305 e. The van der Waals surface area contributed by atoms with Crippen molar-refractivity contribution in [1.29, 1.82) is 5.26 Å². The van der Waals surface area contributed by atoms with Gasteiger partial charge in [-0.25, -0.2) is 4.98 Å². The third kappa shape index (κ3) is 2.99. The minimum absolute atomic E-state index is 0.0154. The number of aliphatic carboxylic acids is 1. The number of carbonyl (C=O) groups is 1. The van der Waals surface area contributed by atoms with Gasteiger partial charge < -0.3 is 10.4 Å². The van der Waals surface area contributed by atoms with Crippen LogP contribution in [0.25, 0.3) is 10.9 Å². The second-order valence-electron chi connectivity index (χ2n) is 4.26. The molecule has 2 N–H and O–H groups in total. The van der Waals surface area contributed by atoms with Gasteiger partial charge >= 0.3 is 5.97 Å². The average Bonchev–Trinajstić information content (AvgIpc) is 2.37. The van der Waals surface area contributed by atoms with Crippen LogP contribution in [0.4, 0.5) is 5.82 Å². The van der Waals surface area contributed by atoms with Crippen LogP contribution in [0.1, 0.15) is 17.5 Å². The molecular formula is C14H13N3O2. The minimum Gasteiger partial charge on any atom is -0.481 e. The van der Waals surface area contributed by atoms with Gasteiger partial charge in [-0.15, -0.1) is 0 Å². The SMILES string of the molecule is Cc1ccc2nc(NCCC(=O)O)c(C#N)cc2c1. The van der Waals surface area contributed by atoms with Crippen LogP contribution < -0.4 is 5.32 Å². The zero-order chi connectivity index (χ0) is 13.8. The summed E-state index contributed by atoms with van der Waals surface area (Å²) in [7, 11) is 0. The number of benzene rings is 1. The van der Waals surface area contributed by atoms with Crippen LogP contribution in [0.5, 0.6) is 0 Å². The van der Waals surface area contributed by atoms with Crippen molar-refractivity contribution in [3.05, 3.63) is 35.4 Å². The molecule has 0 bridgehead atoms. The first-order valence-electron chi connectivity index (χ1n) is 5.87. The van der Waals surface area contributed by atoms with E-state index in [1.54, 1.807) is 6.07 Å². The van der Waals surface area contributed by atoms with E-state index in [-0.39, 0.29) is 13.0 Å². The highest BCUT2D eigenvalue weighted by atomic mass is 16.4. The summed E-state index contributed by atoms with van der Waals surface area (Å²) in [6, 6.07) is 9.63. The van der Waals surface area contributed by atoms with E-state index in [4.69, 9.17) is 10.4 Å². The van der Waals surface area contributed by atoms with Gasteiger partial charge in [0.05, 0.1) is 17.5 Å². The highest BCUT2D eigenvalue weighted by Crippen LogP contribution is 2.21. The van der Waals surface area contributed by atoms with Crippen molar-refractivity contribution in [3.63, 3.8) is 0 Å². The number of nitrogens with one attached hydrogen (secondary N) is 1. The minimum atomic E-state index is -0.887. The van der Waals surface area contributed by atoms with Gasteiger partial charge in [0.15, 0.2) is 0 Å². The van der Waals surface area contributed by atoms with Crippen molar-refractivity contribution in [3.8, 4) is 6.07 Å². The van der Waals surface area contributed by atoms with E-state index in [1.807, 2.05) is 25.1 Å². The Kier molecular flexibility index (Phi) is 3.62. The van der Waals surface area contributed by atoms with E-state index in [1.165, 1.54) is 0 Å². The zero-order valence-electron chi connectivity index (χ0n) is 10.5. The molecular weight excluding hydrogens is 242 g/mol. The number of nitrogens with zero attached hydrogens (tertiary/aromatic N) is 2. The van der Waals surface area contributed by atoms with Crippen molar-refractivity contribution in [1.82, 2.24) is 4.98 Å².